The van der Waals surface area contributed by atoms with E-state index < -0.39 is 17.5 Å². The summed E-state index contributed by atoms with van der Waals surface area (Å²) >= 11 is 0. The van der Waals surface area contributed by atoms with Crippen LogP contribution < -0.4 is 0 Å². The second-order valence-corrected chi connectivity index (χ2v) is 6.78. The van der Waals surface area contributed by atoms with Gasteiger partial charge in [-0.25, -0.2) is 9.59 Å². The molecule has 0 radical (unpaired) electrons. The SMILES string of the molecule is C=C1CCC[C@@H]2[C@](C)(OC(=O)C(=O)O)[C@H](C)CC[C@@]12C. The van der Waals surface area contributed by atoms with Gasteiger partial charge in [-0.1, -0.05) is 26.0 Å². The van der Waals surface area contributed by atoms with Gasteiger partial charge in [0.1, 0.15) is 5.60 Å². The van der Waals surface area contributed by atoms with Crippen LogP contribution in [0.1, 0.15) is 52.9 Å². The number of carboxylic acid groups (broad SMARTS) is 1. The van der Waals surface area contributed by atoms with Crippen molar-refractivity contribution in [2.75, 3.05) is 0 Å². The molecule has 4 nitrogen and oxygen atoms in total. The van der Waals surface area contributed by atoms with Crippen LogP contribution in [0.15, 0.2) is 12.2 Å². The number of hydrogen-bond donors (Lipinski definition) is 1. The summed E-state index contributed by atoms with van der Waals surface area (Å²) in [6.07, 6.45) is 4.98. The van der Waals surface area contributed by atoms with Crippen molar-refractivity contribution in [3.63, 3.8) is 0 Å². The average Bonchev–Trinajstić information content (AvgIpc) is 2.37. The molecule has 0 aromatic heterocycles. The van der Waals surface area contributed by atoms with Crippen LogP contribution in [0.5, 0.6) is 0 Å². The molecule has 2 saturated carbocycles. The normalized spacial score (nSPS) is 40.9. The predicted octanol–water partition coefficient (Wildman–Crippen LogP) is 3.17. The van der Waals surface area contributed by atoms with Crippen LogP contribution >= 0.6 is 0 Å². The fourth-order valence-electron chi connectivity index (χ4n) is 4.20. The van der Waals surface area contributed by atoms with Gasteiger partial charge >= 0.3 is 11.9 Å². The molecule has 0 heterocycles. The summed E-state index contributed by atoms with van der Waals surface area (Å²) in [5.41, 5.74) is 0.461. The minimum atomic E-state index is -1.51. The van der Waals surface area contributed by atoms with E-state index >= 15 is 0 Å². The molecule has 2 aliphatic rings. The van der Waals surface area contributed by atoms with E-state index in [1.807, 2.05) is 13.8 Å². The lowest BCUT2D eigenvalue weighted by molar-refractivity contribution is -0.196. The van der Waals surface area contributed by atoms with E-state index in [1.165, 1.54) is 5.57 Å². The lowest BCUT2D eigenvalue weighted by Crippen LogP contribution is -2.57. The Morgan fingerprint density at radius 3 is 2.60 bits per heavy atom. The van der Waals surface area contributed by atoms with Gasteiger partial charge in [-0.05, 0) is 50.4 Å². The first-order valence-corrected chi connectivity index (χ1v) is 7.36. The number of ether oxygens (including phenoxy) is 1. The Hall–Kier alpha value is -1.32. The number of carbonyl (C=O) groups is 2. The van der Waals surface area contributed by atoms with Crippen molar-refractivity contribution in [1.82, 2.24) is 0 Å². The average molecular weight is 280 g/mol. The second-order valence-electron chi connectivity index (χ2n) is 6.78. The molecule has 0 aliphatic heterocycles. The quantitative estimate of drug-likeness (QED) is 0.455. The summed E-state index contributed by atoms with van der Waals surface area (Å²) in [6.45, 7) is 10.4. The zero-order valence-electron chi connectivity index (χ0n) is 12.6. The Balaban J connectivity index is 2.35. The van der Waals surface area contributed by atoms with Crippen molar-refractivity contribution < 1.29 is 19.4 Å². The van der Waals surface area contributed by atoms with Gasteiger partial charge in [0.15, 0.2) is 0 Å². The van der Waals surface area contributed by atoms with Crippen LogP contribution in [-0.4, -0.2) is 22.6 Å². The van der Waals surface area contributed by atoms with E-state index in [2.05, 4.69) is 13.5 Å². The molecule has 20 heavy (non-hydrogen) atoms. The maximum absolute atomic E-state index is 11.6. The highest BCUT2D eigenvalue weighted by Crippen LogP contribution is 2.58. The van der Waals surface area contributed by atoms with Crippen LogP contribution in [0.2, 0.25) is 0 Å². The van der Waals surface area contributed by atoms with Gasteiger partial charge in [-0.15, -0.1) is 0 Å². The second kappa shape index (κ2) is 4.90. The summed E-state index contributed by atoms with van der Waals surface area (Å²) in [5, 5.41) is 8.83. The molecule has 112 valence electrons. The van der Waals surface area contributed by atoms with Gasteiger partial charge in [-0.2, -0.15) is 0 Å². The fraction of sp³-hybridized carbons (Fsp3) is 0.750. The number of esters is 1. The Morgan fingerprint density at radius 2 is 2.00 bits per heavy atom. The third-order valence-corrected chi connectivity index (χ3v) is 5.80. The third-order valence-electron chi connectivity index (χ3n) is 5.80. The van der Waals surface area contributed by atoms with Gasteiger partial charge < -0.3 is 9.84 Å². The molecule has 0 bridgehead atoms. The zero-order valence-corrected chi connectivity index (χ0v) is 12.6. The number of allylic oxidation sites excluding steroid dienone is 1. The first-order chi connectivity index (χ1) is 9.21. The lowest BCUT2D eigenvalue weighted by Gasteiger charge is -2.57. The minimum Gasteiger partial charge on any atom is -0.473 e. The number of fused-ring (bicyclic) bond motifs is 1. The van der Waals surface area contributed by atoms with Gasteiger partial charge in [0, 0.05) is 5.92 Å². The number of rotatable bonds is 1. The number of carboxylic acids is 1. The highest BCUT2D eigenvalue weighted by Gasteiger charge is 2.56. The molecule has 0 amide bonds. The zero-order chi connectivity index (χ0) is 15.1. The molecule has 2 fully saturated rings. The molecule has 4 heteroatoms. The number of aliphatic carboxylic acids is 1. The fourth-order valence-corrected chi connectivity index (χ4v) is 4.20. The van der Waals surface area contributed by atoms with Crippen LogP contribution in [0.3, 0.4) is 0 Å². The molecule has 0 spiro atoms. The van der Waals surface area contributed by atoms with E-state index in [1.54, 1.807) is 0 Å². The minimum absolute atomic E-state index is 0.0434. The van der Waals surface area contributed by atoms with E-state index in [4.69, 9.17) is 9.84 Å². The van der Waals surface area contributed by atoms with E-state index in [0.29, 0.717) is 0 Å². The lowest BCUT2D eigenvalue weighted by atomic mass is 9.51. The van der Waals surface area contributed by atoms with Crippen LogP contribution in [0.4, 0.5) is 0 Å². The predicted molar refractivity (Wildman–Crippen MR) is 75.1 cm³/mol. The number of hydrogen-bond acceptors (Lipinski definition) is 3. The van der Waals surface area contributed by atoms with Crippen molar-refractivity contribution in [1.29, 1.82) is 0 Å². The third kappa shape index (κ3) is 2.15. The molecular weight excluding hydrogens is 256 g/mol. The Morgan fingerprint density at radius 1 is 1.35 bits per heavy atom. The van der Waals surface area contributed by atoms with Crippen molar-refractivity contribution >= 4 is 11.9 Å². The van der Waals surface area contributed by atoms with Gasteiger partial charge in [0.25, 0.3) is 0 Å². The summed E-state index contributed by atoms with van der Waals surface area (Å²) in [6, 6.07) is 0. The highest BCUT2D eigenvalue weighted by atomic mass is 16.6. The number of carbonyl (C=O) groups excluding carboxylic acids is 1. The van der Waals surface area contributed by atoms with Crippen molar-refractivity contribution in [3.05, 3.63) is 12.2 Å². The molecule has 1 N–H and O–H groups in total. The maximum atomic E-state index is 11.6. The first kappa shape index (κ1) is 15.1. The van der Waals surface area contributed by atoms with Gasteiger partial charge in [0.05, 0.1) is 0 Å². The van der Waals surface area contributed by atoms with Crippen LogP contribution in [0, 0.1) is 17.3 Å². The largest absolute Gasteiger partial charge is 0.473 e. The monoisotopic (exact) mass is 280 g/mol. The van der Waals surface area contributed by atoms with E-state index in [9.17, 15) is 9.59 Å². The summed E-state index contributed by atoms with van der Waals surface area (Å²) in [4.78, 5) is 22.4. The van der Waals surface area contributed by atoms with Crippen LogP contribution in [0.25, 0.3) is 0 Å². The molecule has 2 aliphatic carbocycles. The first-order valence-electron chi connectivity index (χ1n) is 7.36. The van der Waals surface area contributed by atoms with Crippen molar-refractivity contribution in [3.8, 4) is 0 Å². The van der Waals surface area contributed by atoms with Crippen molar-refractivity contribution in [2.24, 2.45) is 17.3 Å². The summed E-state index contributed by atoms with van der Waals surface area (Å²) in [5.74, 6) is -2.34. The van der Waals surface area contributed by atoms with Gasteiger partial charge in [-0.3, -0.25) is 0 Å². The topological polar surface area (TPSA) is 63.6 Å². The molecule has 0 unspecified atom stereocenters. The Kier molecular flexibility index (Phi) is 3.69. The molecule has 0 saturated heterocycles. The summed E-state index contributed by atoms with van der Waals surface area (Å²) < 4.78 is 5.46. The van der Waals surface area contributed by atoms with Gasteiger partial charge in [0.2, 0.25) is 0 Å². The summed E-state index contributed by atoms with van der Waals surface area (Å²) in [7, 11) is 0. The molecule has 0 aromatic carbocycles. The maximum Gasteiger partial charge on any atom is 0.417 e. The van der Waals surface area contributed by atoms with E-state index in [-0.39, 0.29) is 17.3 Å². The standard InChI is InChI=1S/C16H24O4/c1-10-6-5-7-12-15(10,3)9-8-11(2)16(12,4)20-14(19)13(17)18/h11-12H,1,5-9H2,2-4H3,(H,17,18)/t11-,12+,15+,16-/m1/s1. The highest BCUT2D eigenvalue weighted by molar-refractivity contribution is 6.28. The van der Waals surface area contributed by atoms with Crippen molar-refractivity contribution in [2.45, 2.75) is 58.5 Å². The Labute approximate surface area is 120 Å². The Bertz CT molecular complexity index is 455. The van der Waals surface area contributed by atoms with Crippen LogP contribution in [-0.2, 0) is 14.3 Å². The molecule has 2 rings (SSSR count). The molecular formula is C16H24O4. The molecule has 0 aromatic rings. The van der Waals surface area contributed by atoms with E-state index in [0.717, 1.165) is 32.1 Å². The smallest absolute Gasteiger partial charge is 0.417 e. The molecule has 4 atom stereocenters.